The van der Waals surface area contributed by atoms with Crippen LogP contribution in [-0.4, -0.2) is 22.6 Å². The molecule has 2 rings (SSSR count). The van der Waals surface area contributed by atoms with Gasteiger partial charge in [0, 0.05) is 6.54 Å². The van der Waals surface area contributed by atoms with E-state index in [0.717, 1.165) is 24.3 Å². The van der Waals surface area contributed by atoms with Crippen LogP contribution < -0.4 is 4.72 Å². The molecule has 0 atom stereocenters. The van der Waals surface area contributed by atoms with Crippen molar-refractivity contribution in [2.45, 2.75) is 29.4 Å². The summed E-state index contributed by atoms with van der Waals surface area (Å²) >= 11 is 0. The minimum Gasteiger partial charge on any atom is -0.224 e. The Kier molecular flexibility index (Phi) is 5.79. The first-order valence-electron chi connectivity index (χ1n) is 7.44. The number of benzene rings is 2. The zero-order valence-corrected chi connectivity index (χ0v) is 15.2. The fourth-order valence-electron chi connectivity index (χ4n) is 2.07. The van der Waals surface area contributed by atoms with E-state index in [1.165, 1.54) is 31.2 Å². The Balaban J connectivity index is 2.11. The highest BCUT2D eigenvalue weighted by atomic mass is 32.2. The van der Waals surface area contributed by atoms with Gasteiger partial charge < -0.3 is 0 Å². The Morgan fingerprint density at radius 1 is 0.846 bits per heavy atom. The summed E-state index contributed by atoms with van der Waals surface area (Å²) in [6, 6.07) is 8.83. The van der Waals surface area contributed by atoms with E-state index < -0.39 is 31.6 Å². The van der Waals surface area contributed by atoms with Gasteiger partial charge in [-0.25, -0.2) is 21.6 Å². The molecule has 0 spiro atoms. The molecule has 142 valence electrons. The maximum atomic E-state index is 12.5. The van der Waals surface area contributed by atoms with E-state index in [1.807, 2.05) is 0 Å². The van der Waals surface area contributed by atoms with E-state index in [2.05, 4.69) is 4.72 Å². The second kappa shape index (κ2) is 7.37. The Morgan fingerprint density at radius 3 is 1.81 bits per heavy atom. The number of rotatable bonds is 6. The molecule has 1 N–H and O–H groups in total. The summed E-state index contributed by atoms with van der Waals surface area (Å²) in [5.74, 6) is -0.106. The van der Waals surface area contributed by atoms with Crippen LogP contribution in [0.15, 0.2) is 58.3 Å². The SMILES string of the molecule is CCS(=O)(=O)c1ccc(S(=O)(=O)NCc2ccc(C(F)(F)F)cc2)cc1. The maximum absolute atomic E-state index is 12.5. The van der Waals surface area contributed by atoms with E-state index in [-0.39, 0.29) is 22.1 Å². The number of hydrogen-bond acceptors (Lipinski definition) is 4. The third kappa shape index (κ3) is 4.83. The molecule has 0 aromatic heterocycles. The summed E-state index contributed by atoms with van der Waals surface area (Å²) in [7, 11) is -7.37. The van der Waals surface area contributed by atoms with Crippen LogP contribution in [0.2, 0.25) is 0 Å². The first-order valence-corrected chi connectivity index (χ1v) is 10.6. The first-order chi connectivity index (χ1) is 12.0. The highest BCUT2D eigenvalue weighted by Gasteiger charge is 2.30. The number of nitrogens with one attached hydrogen (secondary N) is 1. The lowest BCUT2D eigenvalue weighted by atomic mass is 10.1. The van der Waals surface area contributed by atoms with Crippen molar-refractivity contribution >= 4 is 19.9 Å². The second-order valence-corrected chi connectivity index (χ2v) is 9.44. The molecule has 26 heavy (non-hydrogen) atoms. The normalized spacial score (nSPS) is 12.9. The Hall–Kier alpha value is -1.91. The van der Waals surface area contributed by atoms with Gasteiger partial charge in [-0.3, -0.25) is 0 Å². The van der Waals surface area contributed by atoms with Crippen LogP contribution in [0.3, 0.4) is 0 Å². The van der Waals surface area contributed by atoms with Gasteiger partial charge in [-0.1, -0.05) is 19.1 Å². The zero-order valence-electron chi connectivity index (χ0n) is 13.6. The largest absolute Gasteiger partial charge is 0.416 e. The van der Waals surface area contributed by atoms with Crippen LogP contribution in [0.1, 0.15) is 18.1 Å². The molecule has 0 aliphatic heterocycles. The number of sulfonamides is 1. The Labute approximate surface area is 149 Å². The van der Waals surface area contributed by atoms with Gasteiger partial charge in [0.1, 0.15) is 0 Å². The monoisotopic (exact) mass is 407 g/mol. The third-order valence-corrected chi connectivity index (χ3v) is 6.79. The van der Waals surface area contributed by atoms with Crippen LogP contribution >= 0.6 is 0 Å². The van der Waals surface area contributed by atoms with Crippen molar-refractivity contribution in [2.24, 2.45) is 0 Å². The molecule has 0 aliphatic carbocycles. The molecule has 0 saturated heterocycles. The van der Waals surface area contributed by atoms with E-state index in [0.29, 0.717) is 5.56 Å². The molecular formula is C16H16F3NO4S2. The number of sulfone groups is 1. The van der Waals surface area contributed by atoms with Crippen LogP contribution in [0.5, 0.6) is 0 Å². The average Bonchev–Trinajstić information content (AvgIpc) is 2.60. The molecular weight excluding hydrogens is 391 g/mol. The highest BCUT2D eigenvalue weighted by molar-refractivity contribution is 7.91. The van der Waals surface area contributed by atoms with Crippen LogP contribution in [-0.2, 0) is 32.6 Å². The summed E-state index contributed by atoms with van der Waals surface area (Å²) in [5.41, 5.74) is -0.469. The molecule has 0 amide bonds. The van der Waals surface area contributed by atoms with Crippen molar-refractivity contribution in [1.29, 1.82) is 0 Å². The Bertz CT molecular complexity index is 966. The van der Waals surface area contributed by atoms with E-state index in [1.54, 1.807) is 0 Å². The van der Waals surface area contributed by atoms with Crippen molar-refractivity contribution < 1.29 is 30.0 Å². The van der Waals surface area contributed by atoms with Gasteiger partial charge in [0.25, 0.3) is 0 Å². The predicted octanol–water partition coefficient (Wildman–Crippen LogP) is 2.98. The summed E-state index contributed by atoms with van der Waals surface area (Å²) < 4.78 is 87.7. The Morgan fingerprint density at radius 2 is 1.35 bits per heavy atom. The van der Waals surface area contributed by atoms with Crippen molar-refractivity contribution in [3.05, 3.63) is 59.7 Å². The van der Waals surface area contributed by atoms with Gasteiger partial charge >= 0.3 is 6.18 Å². The van der Waals surface area contributed by atoms with Crippen LogP contribution in [0.4, 0.5) is 13.2 Å². The summed E-state index contributed by atoms with van der Waals surface area (Å²) in [5, 5.41) is 0. The zero-order chi connectivity index (χ0) is 19.6. The molecule has 0 unspecified atom stereocenters. The minimum atomic E-state index is -4.46. The van der Waals surface area contributed by atoms with Crippen molar-refractivity contribution in [2.75, 3.05) is 5.75 Å². The number of alkyl halides is 3. The number of hydrogen-bond donors (Lipinski definition) is 1. The molecule has 0 radical (unpaired) electrons. The van der Waals surface area contributed by atoms with Gasteiger partial charge in [-0.2, -0.15) is 13.2 Å². The molecule has 2 aromatic rings. The lowest BCUT2D eigenvalue weighted by Gasteiger charge is -2.10. The third-order valence-electron chi connectivity index (χ3n) is 3.62. The van der Waals surface area contributed by atoms with E-state index >= 15 is 0 Å². The smallest absolute Gasteiger partial charge is 0.224 e. The fourth-order valence-corrected chi connectivity index (χ4v) is 3.97. The van der Waals surface area contributed by atoms with Crippen molar-refractivity contribution in [3.8, 4) is 0 Å². The van der Waals surface area contributed by atoms with Gasteiger partial charge in [0.15, 0.2) is 9.84 Å². The van der Waals surface area contributed by atoms with Crippen LogP contribution in [0, 0.1) is 0 Å². The average molecular weight is 407 g/mol. The maximum Gasteiger partial charge on any atom is 0.416 e. The lowest BCUT2D eigenvalue weighted by Crippen LogP contribution is -2.23. The topological polar surface area (TPSA) is 80.3 Å². The molecule has 0 saturated carbocycles. The summed E-state index contributed by atoms with van der Waals surface area (Å²) in [4.78, 5) is -0.124. The van der Waals surface area contributed by atoms with Crippen LogP contribution in [0.25, 0.3) is 0 Å². The molecule has 5 nitrogen and oxygen atoms in total. The summed E-state index contributed by atoms with van der Waals surface area (Å²) in [6.07, 6.45) is -4.46. The molecule has 0 aliphatic rings. The molecule has 0 fully saturated rings. The quantitative estimate of drug-likeness (QED) is 0.798. The molecule has 0 heterocycles. The lowest BCUT2D eigenvalue weighted by molar-refractivity contribution is -0.137. The fraction of sp³-hybridized carbons (Fsp3) is 0.250. The van der Waals surface area contributed by atoms with Gasteiger partial charge in [-0.05, 0) is 42.0 Å². The second-order valence-electron chi connectivity index (χ2n) is 5.39. The van der Waals surface area contributed by atoms with Gasteiger partial charge in [-0.15, -0.1) is 0 Å². The van der Waals surface area contributed by atoms with E-state index in [4.69, 9.17) is 0 Å². The standard InChI is InChI=1S/C16H16F3NO4S2/c1-2-25(21,22)14-7-9-15(10-8-14)26(23,24)20-11-12-3-5-13(6-4-12)16(17,18)19/h3-10,20H,2,11H2,1H3. The molecule has 2 aromatic carbocycles. The van der Waals surface area contributed by atoms with Crippen molar-refractivity contribution in [1.82, 2.24) is 4.72 Å². The van der Waals surface area contributed by atoms with Gasteiger partial charge in [0.2, 0.25) is 10.0 Å². The highest BCUT2D eigenvalue weighted by Crippen LogP contribution is 2.29. The first kappa shape index (κ1) is 20.4. The summed E-state index contributed by atoms with van der Waals surface area (Å²) in [6.45, 7) is 1.28. The number of halogens is 3. The minimum absolute atomic E-state index is 0.0155. The van der Waals surface area contributed by atoms with E-state index in [9.17, 15) is 30.0 Å². The van der Waals surface area contributed by atoms with Gasteiger partial charge in [0.05, 0.1) is 21.1 Å². The molecule has 0 bridgehead atoms. The predicted molar refractivity (Wildman–Crippen MR) is 89.6 cm³/mol. The molecule has 10 heteroatoms. The van der Waals surface area contributed by atoms with Crippen molar-refractivity contribution in [3.63, 3.8) is 0 Å².